The van der Waals surface area contributed by atoms with Gasteiger partial charge in [0.1, 0.15) is 5.82 Å². The summed E-state index contributed by atoms with van der Waals surface area (Å²) >= 11 is 0. The maximum Gasteiger partial charge on any atom is 0.222 e. The molecule has 6 heteroatoms. The van der Waals surface area contributed by atoms with Crippen LogP contribution in [0.4, 0.5) is 10.1 Å². The highest BCUT2D eigenvalue weighted by Crippen LogP contribution is 2.22. The molecule has 2 fully saturated rings. The smallest absolute Gasteiger partial charge is 0.222 e. The second-order valence-corrected chi connectivity index (χ2v) is 6.82. The van der Waals surface area contributed by atoms with Gasteiger partial charge in [-0.15, -0.1) is 0 Å². The lowest BCUT2D eigenvalue weighted by atomic mass is 10.1. The van der Waals surface area contributed by atoms with Gasteiger partial charge in [-0.2, -0.15) is 0 Å². The highest BCUT2D eigenvalue weighted by Gasteiger charge is 2.20. The molecule has 0 saturated carbocycles. The summed E-state index contributed by atoms with van der Waals surface area (Å²) in [5.41, 5.74) is 1.44. The van der Waals surface area contributed by atoms with E-state index in [4.69, 9.17) is 4.74 Å². The van der Waals surface area contributed by atoms with Gasteiger partial charge in [0.25, 0.3) is 0 Å². The number of carbonyl (C=O) groups is 1. The number of hydrogen-bond donors (Lipinski definition) is 1. The van der Waals surface area contributed by atoms with Gasteiger partial charge in [-0.3, -0.25) is 4.79 Å². The predicted octanol–water partition coefficient (Wildman–Crippen LogP) is 2.15. The summed E-state index contributed by atoms with van der Waals surface area (Å²) in [5, 5.41) is 2.86. The molecule has 5 nitrogen and oxygen atoms in total. The van der Waals surface area contributed by atoms with Crippen LogP contribution in [0.1, 0.15) is 31.7 Å². The molecule has 1 N–H and O–H groups in total. The number of likely N-dealkylation sites (N-methyl/N-ethyl adjacent to an activating group) is 1. The van der Waals surface area contributed by atoms with Crippen LogP contribution in [-0.4, -0.2) is 56.2 Å². The average Bonchev–Trinajstić information content (AvgIpc) is 3.13. The number of amides is 1. The third-order valence-electron chi connectivity index (χ3n) is 5.10. The fraction of sp³-hybridized carbons (Fsp3) is 0.632. The van der Waals surface area contributed by atoms with E-state index >= 15 is 0 Å². The van der Waals surface area contributed by atoms with E-state index in [-0.39, 0.29) is 17.8 Å². The number of piperazine rings is 1. The number of nitrogens with zero attached hydrogens (tertiary/aromatic N) is 2. The van der Waals surface area contributed by atoms with Gasteiger partial charge in [0.2, 0.25) is 5.91 Å². The van der Waals surface area contributed by atoms with Crippen LogP contribution in [0.2, 0.25) is 0 Å². The maximum absolute atomic E-state index is 14.5. The SMILES string of the molecule is CCN1CCN(c2ccc(CNC(=O)C[C@H]3CCCO3)cc2F)CC1. The molecular weight excluding hydrogens is 321 g/mol. The van der Waals surface area contributed by atoms with Crippen molar-refractivity contribution in [2.75, 3.05) is 44.2 Å². The fourth-order valence-corrected chi connectivity index (χ4v) is 3.51. The first-order valence-corrected chi connectivity index (χ1v) is 9.29. The van der Waals surface area contributed by atoms with Crippen LogP contribution in [0.15, 0.2) is 18.2 Å². The molecule has 2 saturated heterocycles. The molecule has 0 unspecified atom stereocenters. The molecule has 1 aromatic rings. The molecule has 1 atom stereocenters. The number of ether oxygens (including phenoxy) is 1. The number of hydrogen-bond acceptors (Lipinski definition) is 4. The van der Waals surface area contributed by atoms with Crippen LogP contribution >= 0.6 is 0 Å². The first-order valence-electron chi connectivity index (χ1n) is 9.29. The van der Waals surface area contributed by atoms with Gasteiger partial charge in [0.15, 0.2) is 0 Å². The summed E-state index contributed by atoms with van der Waals surface area (Å²) in [6.07, 6.45) is 2.41. The molecule has 0 radical (unpaired) electrons. The Hall–Kier alpha value is -1.66. The Kier molecular flexibility index (Phi) is 6.26. The van der Waals surface area contributed by atoms with Crippen LogP contribution in [0, 0.1) is 5.82 Å². The van der Waals surface area contributed by atoms with Gasteiger partial charge in [-0.05, 0) is 37.1 Å². The predicted molar refractivity (Wildman–Crippen MR) is 96.2 cm³/mol. The lowest BCUT2D eigenvalue weighted by Crippen LogP contribution is -2.46. The summed E-state index contributed by atoms with van der Waals surface area (Å²) in [4.78, 5) is 16.4. The topological polar surface area (TPSA) is 44.8 Å². The second-order valence-electron chi connectivity index (χ2n) is 6.82. The quantitative estimate of drug-likeness (QED) is 0.855. The molecule has 1 amide bonds. The van der Waals surface area contributed by atoms with Crippen molar-refractivity contribution in [1.29, 1.82) is 0 Å². The summed E-state index contributed by atoms with van der Waals surface area (Å²) in [5.74, 6) is -0.247. The van der Waals surface area contributed by atoms with Gasteiger partial charge in [0, 0.05) is 39.3 Å². The van der Waals surface area contributed by atoms with Gasteiger partial charge >= 0.3 is 0 Å². The first-order chi connectivity index (χ1) is 12.2. The van der Waals surface area contributed by atoms with Crippen LogP contribution < -0.4 is 10.2 Å². The zero-order chi connectivity index (χ0) is 17.6. The van der Waals surface area contributed by atoms with Crippen molar-refractivity contribution < 1.29 is 13.9 Å². The standard InChI is InChI=1S/C19H28FN3O2/c1-2-22-7-9-23(10-8-22)18-6-5-15(12-17(18)20)14-21-19(24)13-16-4-3-11-25-16/h5-6,12,16H,2-4,7-11,13-14H2,1H3,(H,21,24)/t16-/m1/s1. The van der Waals surface area contributed by atoms with Crippen LogP contribution in [0.5, 0.6) is 0 Å². The van der Waals surface area contributed by atoms with Crippen molar-refractivity contribution in [3.05, 3.63) is 29.6 Å². The Labute approximate surface area is 149 Å². The van der Waals surface area contributed by atoms with Gasteiger partial charge in [-0.1, -0.05) is 13.0 Å². The summed E-state index contributed by atoms with van der Waals surface area (Å²) in [6, 6.07) is 5.27. The molecule has 2 aliphatic heterocycles. The van der Waals surface area contributed by atoms with E-state index in [1.165, 1.54) is 6.07 Å². The highest BCUT2D eigenvalue weighted by molar-refractivity contribution is 5.76. The van der Waals surface area contributed by atoms with E-state index in [1.807, 2.05) is 12.1 Å². The van der Waals surface area contributed by atoms with Crippen molar-refractivity contribution in [1.82, 2.24) is 10.2 Å². The first kappa shape index (κ1) is 18.1. The van der Waals surface area contributed by atoms with Crippen LogP contribution in [0.25, 0.3) is 0 Å². The minimum Gasteiger partial charge on any atom is -0.378 e. The largest absolute Gasteiger partial charge is 0.378 e. The third kappa shape index (κ3) is 4.92. The lowest BCUT2D eigenvalue weighted by Gasteiger charge is -2.35. The highest BCUT2D eigenvalue weighted by atomic mass is 19.1. The van der Waals surface area contributed by atoms with Crippen molar-refractivity contribution in [2.45, 2.75) is 38.8 Å². The Morgan fingerprint density at radius 3 is 2.76 bits per heavy atom. The summed E-state index contributed by atoms with van der Waals surface area (Å²) < 4.78 is 19.9. The molecule has 2 aliphatic rings. The fourth-order valence-electron chi connectivity index (χ4n) is 3.51. The molecule has 2 heterocycles. The third-order valence-corrected chi connectivity index (χ3v) is 5.10. The van der Waals surface area contributed by atoms with E-state index < -0.39 is 0 Å². The van der Waals surface area contributed by atoms with Crippen molar-refractivity contribution in [2.24, 2.45) is 0 Å². The molecule has 0 aromatic heterocycles. The van der Waals surface area contributed by atoms with E-state index in [1.54, 1.807) is 0 Å². The number of benzene rings is 1. The lowest BCUT2D eigenvalue weighted by molar-refractivity contribution is -0.123. The van der Waals surface area contributed by atoms with Gasteiger partial charge in [-0.25, -0.2) is 4.39 Å². The molecule has 0 spiro atoms. The number of halogens is 1. The molecule has 3 rings (SSSR count). The van der Waals surface area contributed by atoms with E-state index in [9.17, 15) is 9.18 Å². The zero-order valence-corrected chi connectivity index (χ0v) is 15.0. The van der Waals surface area contributed by atoms with E-state index in [0.29, 0.717) is 18.7 Å². The average molecular weight is 349 g/mol. The maximum atomic E-state index is 14.5. The second kappa shape index (κ2) is 8.63. The number of anilines is 1. The van der Waals surface area contributed by atoms with Crippen LogP contribution in [0.3, 0.4) is 0 Å². The zero-order valence-electron chi connectivity index (χ0n) is 15.0. The Morgan fingerprint density at radius 2 is 2.12 bits per heavy atom. The molecule has 138 valence electrons. The normalized spacial score (nSPS) is 21.5. The van der Waals surface area contributed by atoms with E-state index in [2.05, 4.69) is 22.0 Å². The van der Waals surface area contributed by atoms with Crippen molar-refractivity contribution in [3.8, 4) is 0 Å². The minimum atomic E-state index is -0.212. The molecular formula is C19H28FN3O2. The number of nitrogens with one attached hydrogen (secondary N) is 1. The summed E-state index contributed by atoms with van der Waals surface area (Å²) in [6.45, 7) is 7.93. The Morgan fingerprint density at radius 1 is 1.32 bits per heavy atom. The molecule has 0 aliphatic carbocycles. The molecule has 0 bridgehead atoms. The Bertz CT molecular complexity index is 582. The van der Waals surface area contributed by atoms with Gasteiger partial charge in [0.05, 0.1) is 18.2 Å². The molecule has 1 aromatic carbocycles. The molecule has 25 heavy (non-hydrogen) atoms. The van der Waals surface area contributed by atoms with E-state index in [0.717, 1.165) is 57.7 Å². The van der Waals surface area contributed by atoms with Gasteiger partial charge < -0.3 is 19.9 Å². The number of carbonyl (C=O) groups excluding carboxylic acids is 1. The van der Waals surface area contributed by atoms with Crippen molar-refractivity contribution in [3.63, 3.8) is 0 Å². The minimum absolute atomic E-state index is 0.0351. The van der Waals surface area contributed by atoms with Crippen molar-refractivity contribution >= 4 is 11.6 Å². The van der Waals surface area contributed by atoms with Crippen LogP contribution in [-0.2, 0) is 16.1 Å². The summed E-state index contributed by atoms with van der Waals surface area (Å²) in [7, 11) is 0. The monoisotopic (exact) mass is 349 g/mol. The number of rotatable bonds is 6. The Balaban J connectivity index is 1.50.